The molecule has 6 nitrogen and oxygen atoms in total. The van der Waals surface area contributed by atoms with E-state index < -0.39 is 10.0 Å². The predicted octanol–water partition coefficient (Wildman–Crippen LogP) is 4.37. The van der Waals surface area contributed by atoms with Gasteiger partial charge in [-0.25, -0.2) is 8.42 Å². The Morgan fingerprint density at radius 2 is 1.72 bits per heavy atom. The first-order chi connectivity index (χ1) is 13.7. The Bertz CT molecular complexity index is 955. The van der Waals surface area contributed by atoms with Crippen molar-refractivity contribution in [2.45, 2.75) is 39.0 Å². The smallest absolute Gasteiger partial charge is 0.262 e. The number of carbonyl (C=O) groups excluding carboxylic acids is 1. The number of anilines is 1. The molecule has 2 rings (SSSR count). The molecule has 0 bridgehead atoms. The number of amides is 1. The van der Waals surface area contributed by atoms with E-state index in [1.165, 1.54) is 16.4 Å². The molecule has 0 saturated heterocycles. The van der Waals surface area contributed by atoms with E-state index in [0.29, 0.717) is 18.8 Å². The molecule has 2 aromatic carbocycles. The molecule has 1 N–H and O–H groups in total. The largest absolute Gasteiger partial charge is 0.484 e. The number of nitrogens with one attached hydrogen (secondary N) is 1. The number of nitrogens with zero attached hydrogens (tertiary/aromatic N) is 1. The van der Waals surface area contributed by atoms with Gasteiger partial charge in [0.2, 0.25) is 10.0 Å². The summed E-state index contributed by atoms with van der Waals surface area (Å²) in [5.41, 5.74) is 2.80. The topological polar surface area (TPSA) is 75.7 Å². The van der Waals surface area contributed by atoms with Crippen molar-refractivity contribution < 1.29 is 17.9 Å². The van der Waals surface area contributed by atoms with Crippen LogP contribution in [0.25, 0.3) is 0 Å². The van der Waals surface area contributed by atoms with E-state index in [1.54, 1.807) is 26.0 Å². The van der Waals surface area contributed by atoms with Gasteiger partial charge in [-0.05, 0) is 60.9 Å². The quantitative estimate of drug-likeness (QED) is 0.575. The Morgan fingerprint density at radius 3 is 2.28 bits per heavy atom. The number of sulfonamides is 1. The summed E-state index contributed by atoms with van der Waals surface area (Å²) in [5, 5.41) is 2.91. The van der Waals surface area contributed by atoms with Gasteiger partial charge >= 0.3 is 0 Å². The summed E-state index contributed by atoms with van der Waals surface area (Å²) in [4.78, 5) is 12.5. The summed E-state index contributed by atoms with van der Waals surface area (Å²) >= 11 is 3.47. The Balaban J connectivity index is 2.03. The third-order valence-electron chi connectivity index (χ3n) is 4.56. The molecule has 0 unspecified atom stereocenters. The number of hydrogen-bond donors (Lipinski definition) is 1. The Hall–Kier alpha value is -1.90. The minimum Gasteiger partial charge on any atom is -0.484 e. The van der Waals surface area contributed by atoms with Gasteiger partial charge in [0.05, 0.1) is 4.90 Å². The van der Waals surface area contributed by atoms with Gasteiger partial charge in [-0.3, -0.25) is 4.79 Å². The van der Waals surface area contributed by atoms with Crippen LogP contribution in [0.3, 0.4) is 0 Å². The fraction of sp³-hybridized carbons (Fsp3) is 0.381. The summed E-state index contributed by atoms with van der Waals surface area (Å²) in [5.74, 6) is 0.159. The molecule has 0 radical (unpaired) electrons. The predicted molar refractivity (Wildman–Crippen MR) is 119 cm³/mol. The first-order valence-electron chi connectivity index (χ1n) is 9.54. The molecular weight excluding hydrogens is 456 g/mol. The molecule has 0 aromatic heterocycles. The zero-order valence-electron chi connectivity index (χ0n) is 17.2. The first kappa shape index (κ1) is 23.4. The Morgan fingerprint density at radius 1 is 1.10 bits per heavy atom. The maximum Gasteiger partial charge on any atom is 0.262 e. The lowest BCUT2D eigenvalue weighted by Crippen LogP contribution is -2.30. The molecule has 0 fully saturated rings. The first-order valence-corrected chi connectivity index (χ1v) is 11.8. The third kappa shape index (κ3) is 5.81. The monoisotopic (exact) mass is 482 g/mol. The van der Waals surface area contributed by atoms with Crippen molar-refractivity contribution in [1.82, 2.24) is 4.31 Å². The van der Waals surface area contributed by atoms with Gasteiger partial charge in [-0.15, -0.1) is 0 Å². The summed E-state index contributed by atoms with van der Waals surface area (Å²) in [6, 6.07) is 10.0. The molecule has 158 valence electrons. The van der Waals surface area contributed by atoms with E-state index in [9.17, 15) is 13.2 Å². The zero-order chi connectivity index (χ0) is 21.6. The van der Waals surface area contributed by atoms with Crippen LogP contribution in [-0.4, -0.2) is 38.3 Å². The number of ether oxygens (including phenoxy) is 1. The fourth-order valence-electron chi connectivity index (χ4n) is 3.02. The van der Waals surface area contributed by atoms with Crippen LogP contribution in [0, 0.1) is 6.92 Å². The van der Waals surface area contributed by atoms with Crippen molar-refractivity contribution in [3.8, 4) is 5.75 Å². The summed E-state index contributed by atoms with van der Waals surface area (Å²) in [6.45, 7) is 8.22. The molecule has 1 amide bonds. The van der Waals surface area contributed by atoms with Crippen molar-refractivity contribution in [3.63, 3.8) is 0 Å². The van der Waals surface area contributed by atoms with Gasteiger partial charge in [-0.1, -0.05) is 36.7 Å². The molecule has 0 spiro atoms. The highest BCUT2D eigenvalue weighted by Gasteiger charge is 2.21. The Kier molecular flexibility index (Phi) is 8.24. The van der Waals surface area contributed by atoms with Crippen LogP contribution in [-0.2, 0) is 21.2 Å². The van der Waals surface area contributed by atoms with Gasteiger partial charge in [0.25, 0.3) is 5.91 Å². The average molecular weight is 483 g/mol. The van der Waals surface area contributed by atoms with E-state index in [1.807, 2.05) is 26.0 Å². The molecule has 0 atom stereocenters. The van der Waals surface area contributed by atoms with Crippen LogP contribution < -0.4 is 10.1 Å². The molecular formula is C21H27BrN2O4S. The summed E-state index contributed by atoms with van der Waals surface area (Å²) < 4.78 is 32.9. The number of benzene rings is 2. The second-order valence-corrected chi connectivity index (χ2v) is 9.36. The van der Waals surface area contributed by atoms with Crippen molar-refractivity contribution in [1.29, 1.82) is 0 Å². The van der Waals surface area contributed by atoms with Gasteiger partial charge in [0, 0.05) is 23.2 Å². The summed E-state index contributed by atoms with van der Waals surface area (Å²) in [6.07, 6.45) is 0.791. The van der Waals surface area contributed by atoms with Crippen LogP contribution in [0.2, 0.25) is 0 Å². The fourth-order valence-corrected chi connectivity index (χ4v) is 5.09. The Labute approximate surface area is 181 Å². The maximum absolute atomic E-state index is 12.5. The zero-order valence-corrected chi connectivity index (χ0v) is 19.6. The van der Waals surface area contributed by atoms with Crippen LogP contribution in [0.1, 0.15) is 31.9 Å². The van der Waals surface area contributed by atoms with Crippen molar-refractivity contribution in [2.75, 3.05) is 25.0 Å². The summed E-state index contributed by atoms with van der Waals surface area (Å²) in [7, 11) is -3.51. The van der Waals surface area contributed by atoms with Gasteiger partial charge in [0.15, 0.2) is 6.61 Å². The standard InChI is InChI=1S/C21H27BrN2O4S/c1-5-16-13-17(22)12-15(4)21(16)23-20(25)14-28-18-8-10-19(11-9-18)29(26,27)24(6-2)7-3/h8-13H,5-7,14H2,1-4H3,(H,23,25). The van der Waals surface area contributed by atoms with Gasteiger partial charge in [-0.2, -0.15) is 4.31 Å². The van der Waals surface area contributed by atoms with Crippen molar-refractivity contribution in [3.05, 3.63) is 52.0 Å². The molecule has 0 heterocycles. The highest BCUT2D eigenvalue weighted by molar-refractivity contribution is 9.10. The SMILES string of the molecule is CCc1cc(Br)cc(C)c1NC(=O)COc1ccc(S(=O)(=O)N(CC)CC)cc1. The highest BCUT2D eigenvalue weighted by Crippen LogP contribution is 2.26. The van der Waals surface area contributed by atoms with Crippen molar-refractivity contribution in [2.24, 2.45) is 0 Å². The minimum atomic E-state index is -3.51. The molecule has 0 aliphatic rings. The van der Waals surface area contributed by atoms with Crippen LogP contribution in [0.4, 0.5) is 5.69 Å². The third-order valence-corrected chi connectivity index (χ3v) is 7.09. The minimum absolute atomic E-state index is 0.166. The van der Waals surface area contributed by atoms with E-state index >= 15 is 0 Å². The van der Waals surface area contributed by atoms with E-state index in [2.05, 4.69) is 21.2 Å². The second-order valence-electron chi connectivity index (χ2n) is 6.51. The lowest BCUT2D eigenvalue weighted by Gasteiger charge is -2.18. The number of hydrogen-bond acceptors (Lipinski definition) is 4. The lowest BCUT2D eigenvalue weighted by molar-refractivity contribution is -0.118. The molecule has 8 heteroatoms. The van der Waals surface area contributed by atoms with Crippen LogP contribution in [0.5, 0.6) is 5.75 Å². The molecule has 0 aliphatic carbocycles. The highest BCUT2D eigenvalue weighted by atomic mass is 79.9. The van der Waals surface area contributed by atoms with Crippen LogP contribution in [0.15, 0.2) is 45.8 Å². The van der Waals surface area contributed by atoms with Crippen LogP contribution >= 0.6 is 15.9 Å². The lowest BCUT2D eigenvalue weighted by atomic mass is 10.1. The van der Waals surface area contributed by atoms with Gasteiger partial charge in [0.1, 0.15) is 5.75 Å². The molecule has 0 aliphatic heterocycles. The second kappa shape index (κ2) is 10.2. The number of carbonyl (C=O) groups is 1. The maximum atomic E-state index is 12.5. The van der Waals surface area contributed by atoms with E-state index in [4.69, 9.17) is 4.74 Å². The molecule has 0 saturated carbocycles. The van der Waals surface area contributed by atoms with E-state index in [-0.39, 0.29) is 17.4 Å². The normalized spacial score (nSPS) is 11.5. The number of aryl methyl sites for hydroxylation is 2. The molecule has 29 heavy (non-hydrogen) atoms. The number of rotatable bonds is 9. The van der Waals surface area contributed by atoms with Gasteiger partial charge < -0.3 is 10.1 Å². The number of halogens is 1. The van der Waals surface area contributed by atoms with Crippen molar-refractivity contribution >= 4 is 37.5 Å². The molecule has 2 aromatic rings. The van der Waals surface area contributed by atoms with E-state index in [0.717, 1.165) is 27.7 Å². The average Bonchev–Trinajstić information content (AvgIpc) is 2.69.